The number of benzene rings is 1. The van der Waals surface area contributed by atoms with Crippen molar-refractivity contribution in [2.24, 2.45) is 0 Å². The summed E-state index contributed by atoms with van der Waals surface area (Å²) in [4.78, 5) is 19.9. The first kappa shape index (κ1) is 11.8. The second kappa shape index (κ2) is 4.96. The summed E-state index contributed by atoms with van der Waals surface area (Å²) in [5.74, 6) is 0. The molecule has 0 saturated carbocycles. The van der Waals surface area contributed by atoms with Gasteiger partial charge >= 0.3 is 13.8 Å². The average molecular weight is 230 g/mol. The Balaban J connectivity index is 2.65. The van der Waals surface area contributed by atoms with Crippen molar-refractivity contribution in [3.8, 4) is 0 Å². The van der Waals surface area contributed by atoms with Gasteiger partial charge in [-0.05, 0) is 5.56 Å². The maximum atomic E-state index is 11.4. The summed E-state index contributed by atoms with van der Waals surface area (Å²) in [6.45, 7) is 0. The summed E-state index contributed by atoms with van der Waals surface area (Å²) >= 11 is 0. The Hall–Kier alpha value is -1.32. The van der Waals surface area contributed by atoms with Gasteiger partial charge in [-0.25, -0.2) is 9.36 Å². The van der Waals surface area contributed by atoms with Crippen LogP contribution in [0.4, 0.5) is 4.79 Å². The number of methoxy groups -OCH3 is 1. The highest BCUT2D eigenvalue weighted by Gasteiger charge is 2.25. The summed E-state index contributed by atoms with van der Waals surface area (Å²) in [7, 11) is -2.89. The van der Waals surface area contributed by atoms with E-state index in [2.05, 4.69) is 9.26 Å². The highest BCUT2D eigenvalue weighted by Crippen LogP contribution is 2.45. The van der Waals surface area contributed by atoms with Crippen molar-refractivity contribution in [1.29, 1.82) is 0 Å². The summed E-state index contributed by atoms with van der Waals surface area (Å²) in [5, 5.41) is 0. The van der Waals surface area contributed by atoms with E-state index in [4.69, 9.17) is 0 Å². The summed E-state index contributed by atoms with van der Waals surface area (Å²) in [5.41, 5.74) is 0.618. The van der Waals surface area contributed by atoms with Crippen molar-refractivity contribution in [1.82, 2.24) is 0 Å². The third-order valence-corrected chi connectivity index (χ3v) is 2.81. The molecule has 0 aliphatic rings. The van der Waals surface area contributed by atoms with Crippen molar-refractivity contribution in [3.05, 3.63) is 35.9 Å². The van der Waals surface area contributed by atoms with Crippen LogP contribution in [0.1, 0.15) is 5.56 Å². The lowest BCUT2D eigenvalue weighted by Crippen LogP contribution is -2.03. The van der Waals surface area contributed by atoms with Crippen LogP contribution in [0.3, 0.4) is 0 Å². The van der Waals surface area contributed by atoms with E-state index in [-0.39, 0.29) is 6.16 Å². The third kappa shape index (κ3) is 4.14. The molecule has 5 nitrogen and oxygen atoms in total. The van der Waals surface area contributed by atoms with Crippen LogP contribution in [-0.2, 0) is 20.0 Å². The largest absolute Gasteiger partial charge is 0.514 e. The maximum Gasteiger partial charge on any atom is 0.514 e. The van der Waals surface area contributed by atoms with Crippen molar-refractivity contribution in [2.75, 3.05) is 7.11 Å². The molecule has 82 valence electrons. The van der Waals surface area contributed by atoms with Gasteiger partial charge in [-0.3, -0.25) is 0 Å². The molecule has 15 heavy (non-hydrogen) atoms. The number of carbonyl (C=O) groups is 1. The Labute approximate surface area is 87.2 Å². The minimum Gasteiger partial charge on any atom is -0.437 e. The van der Waals surface area contributed by atoms with Crippen LogP contribution in [0.5, 0.6) is 0 Å². The Kier molecular flexibility index (Phi) is 3.88. The fraction of sp³-hybridized carbons (Fsp3) is 0.222. The fourth-order valence-corrected chi connectivity index (χ4v) is 2.04. The topological polar surface area (TPSA) is 72.8 Å². The van der Waals surface area contributed by atoms with Crippen LogP contribution in [0.15, 0.2) is 30.3 Å². The predicted octanol–water partition coefficient (Wildman–Crippen LogP) is 2.16. The number of rotatable bonds is 3. The molecule has 0 heterocycles. The van der Waals surface area contributed by atoms with Gasteiger partial charge in [0.1, 0.15) is 0 Å². The van der Waals surface area contributed by atoms with Gasteiger partial charge in [0.05, 0.1) is 13.3 Å². The monoisotopic (exact) mass is 230 g/mol. The van der Waals surface area contributed by atoms with Gasteiger partial charge in [-0.1, -0.05) is 30.3 Å². The van der Waals surface area contributed by atoms with Gasteiger partial charge in [-0.2, -0.15) is 0 Å². The van der Waals surface area contributed by atoms with Gasteiger partial charge < -0.3 is 14.2 Å². The molecule has 6 heteroatoms. The Morgan fingerprint density at radius 3 is 2.53 bits per heavy atom. The van der Waals surface area contributed by atoms with Crippen molar-refractivity contribution in [2.45, 2.75) is 6.16 Å². The second-order valence-corrected chi connectivity index (χ2v) is 4.60. The smallest absolute Gasteiger partial charge is 0.437 e. The number of hydrogen-bond donors (Lipinski definition) is 1. The molecule has 0 aliphatic carbocycles. The van der Waals surface area contributed by atoms with E-state index in [9.17, 15) is 14.3 Å². The van der Waals surface area contributed by atoms with E-state index in [1.54, 1.807) is 30.3 Å². The van der Waals surface area contributed by atoms with Crippen LogP contribution in [0.25, 0.3) is 0 Å². The molecule has 0 fully saturated rings. The minimum atomic E-state index is -3.96. The molecule has 0 bridgehead atoms. The summed E-state index contributed by atoms with van der Waals surface area (Å²) < 4.78 is 19.8. The number of carbonyl (C=O) groups excluding carboxylic acids is 1. The molecule has 0 amide bonds. The lowest BCUT2D eigenvalue weighted by molar-refractivity contribution is 0.116. The van der Waals surface area contributed by atoms with Crippen LogP contribution in [0.2, 0.25) is 0 Å². The molecule has 0 aromatic heterocycles. The molecule has 1 atom stereocenters. The zero-order valence-corrected chi connectivity index (χ0v) is 9.02. The molecule has 1 unspecified atom stereocenters. The number of hydrogen-bond acceptors (Lipinski definition) is 4. The molecular weight excluding hydrogens is 219 g/mol. The SMILES string of the molecule is COC(=O)OP(=O)(O)Cc1ccccc1. The Bertz CT molecular complexity index is 375. The molecule has 1 aromatic carbocycles. The van der Waals surface area contributed by atoms with E-state index in [1.165, 1.54) is 0 Å². The molecular formula is C9H11O5P. The van der Waals surface area contributed by atoms with E-state index < -0.39 is 13.8 Å². The standard InChI is InChI=1S/C9H11O5P/c1-13-9(10)14-15(11,12)7-8-5-3-2-4-6-8/h2-6H,7H2,1H3,(H,11,12). The molecule has 1 N–H and O–H groups in total. The van der Waals surface area contributed by atoms with E-state index >= 15 is 0 Å². The average Bonchev–Trinajstić information content (AvgIpc) is 2.17. The fourth-order valence-electron chi connectivity index (χ4n) is 1.00. The first-order valence-corrected chi connectivity index (χ1v) is 5.93. The normalized spacial score (nSPS) is 14.0. The Morgan fingerprint density at radius 1 is 1.40 bits per heavy atom. The summed E-state index contributed by atoms with van der Waals surface area (Å²) in [6, 6.07) is 8.58. The van der Waals surface area contributed by atoms with Crippen LogP contribution in [-0.4, -0.2) is 18.2 Å². The highest BCUT2D eigenvalue weighted by atomic mass is 31.2. The molecule has 1 aromatic rings. The zero-order chi connectivity index (χ0) is 11.3. The molecule has 0 spiro atoms. The van der Waals surface area contributed by atoms with Crippen molar-refractivity contribution < 1.29 is 23.5 Å². The first-order valence-electron chi connectivity index (χ1n) is 4.17. The van der Waals surface area contributed by atoms with Crippen LogP contribution < -0.4 is 0 Å². The van der Waals surface area contributed by atoms with E-state index in [0.717, 1.165) is 7.11 Å². The highest BCUT2D eigenvalue weighted by molar-refractivity contribution is 7.52. The minimum absolute atomic E-state index is 0.219. The predicted molar refractivity (Wildman–Crippen MR) is 53.5 cm³/mol. The first-order chi connectivity index (χ1) is 7.03. The van der Waals surface area contributed by atoms with Crippen LogP contribution in [0, 0.1) is 0 Å². The van der Waals surface area contributed by atoms with Gasteiger partial charge in [0.25, 0.3) is 0 Å². The third-order valence-electron chi connectivity index (χ3n) is 1.61. The second-order valence-electron chi connectivity index (χ2n) is 2.83. The van der Waals surface area contributed by atoms with Crippen LogP contribution >= 0.6 is 7.60 Å². The number of ether oxygens (including phenoxy) is 1. The van der Waals surface area contributed by atoms with E-state index in [1.807, 2.05) is 0 Å². The summed E-state index contributed by atoms with van der Waals surface area (Å²) in [6.07, 6.45) is -1.38. The molecule has 0 aliphatic heterocycles. The zero-order valence-electron chi connectivity index (χ0n) is 8.12. The van der Waals surface area contributed by atoms with Crippen molar-refractivity contribution in [3.63, 3.8) is 0 Å². The lowest BCUT2D eigenvalue weighted by Gasteiger charge is -2.10. The van der Waals surface area contributed by atoms with Gasteiger partial charge in [0.15, 0.2) is 0 Å². The van der Waals surface area contributed by atoms with Gasteiger partial charge in [0, 0.05) is 0 Å². The molecule has 0 radical (unpaired) electrons. The van der Waals surface area contributed by atoms with Gasteiger partial charge in [0.2, 0.25) is 0 Å². The molecule has 1 rings (SSSR count). The van der Waals surface area contributed by atoms with Crippen molar-refractivity contribution >= 4 is 13.8 Å². The maximum absolute atomic E-state index is 11.4. The van der Waals surface area contributed by atoms with E-state index in [0.29, 0.717) is 5.56 Å². The Morgan fingerprint density at radius 2 is 2.00 bits per heavy atom. The lowest BCUT2D eigenvalue weighted by atomic mass is 10.2. The molecule has 0 saturated heterocycles. The van der Waals surface area contributed by atoms with Gasteiger partial charge in [-0.15, -0.1) is 0 Å². The quantitative estimate of drug-likeness (QED) is 0.636.